The molecule has 3 rings (SSSR count). The van der Waals surface area contributed by atoms with E-state index >= 15 is 0 Å². The summed E-state index contributed by atoms with van der Waals surface area (Å²) < 4.78 is 53.2. The van der Waals surface area contributed by atoms with Gasteiger partial charge in [-0.2, -0.15) is 13.2 Å². The van der Waals surface area contributed by atoms with Gasteiger partial charge in [0.1, 0.15) is 10.1 Å². The minimum absolute atomic E-state index is 0.0262. The SMILES string of the molecule is CN1CCN(Cc2ccc(NC(=O)C3(I)CN=CC=C3CF)cc2C(F)(F)F)CC1. The number of dihydropyridines is 1. The number of alkyl halides is 5. The highest BCUT2D eigenvalue weighted by Crippen LogP contribution is 2.36. The maximum absolute atomic E-state index is 13.7. The fourth-order valence-corrected chi connectivity index (χ4v) is 4.11. The van der Waals surface area contributed by atoms with E-state index in [0.717, 1.165) is 19.2 Å². The topological polar surface area (TPSA) is 47.9 Å². The zero-order chi connectivity index (χ0) is 21.9. The lowest BCUT2D eigenvalue weighted by molar-refractivity contribution is -0.138. The van der Waals surface area contributed by atoms with Gasteiger partial charge in [0.25, 0.3) is 0 Å². The van der Waals surface area contributed by atoms with Crippen molar-refractivity contribution in [1.29, 1.82) is 0 Å². The average molecular weight is 538 g/mol. The van der Waals surface area contributed by atoms with Crippen LogP contribution < -0.4 is 5.32 Å². The number of carbonyl (C=O) groups is 1. The number of nitrogens with one attached hydrogen (secondary N) is 1. The third-order valence-corrected chi connectivity index (χ3v) is 6.89. The largest absolute Gasteiger partial charge is 0.416 e. The number of nitrogens with zero attached hydrogens (tertiary/aromatic N) is 3. The molecule has 1 N–H and O–H groups in total. The van der Waals surface area contributed by atoms with Gasteiger partial charge in [0.05, 0.1) is 12.1 Å². The van der Waals surface area contributed by atoms with Crippen molar-refractivity contribution < 1.29 is 22.4 Å². The molecule has 164 valence electrons. The van der Waals surface area contributed by atoms with Crippen molar-refractivity contribution in [2.75, 3.05) is 51.8 Å². The van der Waals surface area contributed by atoms with E-state index in [1.54, 1.807) is 0 Å². The first kappa shape index (κ1) is 23.1. The molecule has 1 aromatic rings. The predicted octanol–water partition coefficient (Wildman–Crippen LogP) is 3.55. The summed E-state index contributed by atoms with van der Waals surface area (Å²) >= 11 is 1.81. The van der Waals surface area contributed by atoms with Crippen molar-refractivity contribution in [3.8, 4) is 0 Å². The molecule has 10 heteroatoms. The predicted molar refractivity (Wildman–Crippen MR) is 117 cm³/mol. The number of allylic oxidation sites excluding steroid dienone is 1. The van der Waals surface area contributed by atoms with Gasteiger partial charge in [-0.1, -0.05) is 28.7 Å². The van der Waals surface area contributed by atoms with Crippen molar-refractivity contribution in [2.24, 2.45) is 4.99 Å². The van der Waals surface area contributed by atoms with Crippen LogP contribution in [0.2, 0.25) is 0 Å². The normalized spacial score (nSPS) is 23.3. The smallest absolute Gasteiger partial charge is 0.325 e. The van der Waals surface area contributed by atoms with Gasteiger partial charge in [-0.05, 0) is 36.4 Å². The standard InChI is InChI=1S/C20H23F4IN4O/c1-28-6-8-29(9-7-28)12-14-2-3-16(10-17(14)20(22,23)24)27-18(30)19(25)13-26-5-4-15(19)11-21/h2-5,10H,6-9,11-13H2,1H3,(H,27,30). The fraction of sp³-hybridized carbons (Fsp3) is 0.500. The molecule has 2 heterocycles. The van der Waals surface area contributed by atoms with Gasteiger partial charge < -0.3 is 10.2 Å². The molecule has 0 aromatic heterocycles. The number of likely N-dealkylation sites (N-methyl/N-ethyl adjacent to an activating group) is 1. The third-order valence-electron chi connectivity index (χ3n) is 5.37. The van der Waals surface area contributed by atoms with E-state index in [9.17, 15) is 22.4 Å². The molecule has 1 fully saturated rings. The molecule has 1 aromatic carbocycles. The Morgan fingerprint density at radius 2 is 1.97 bits per heavy atom. The number of hydrogen-bond acceptors (Lipinski definition) is 4. The molecule has 2 aliphatic rings. The number of halogens is 5. The van der Waals surface area contributed by atoms with Crippen molar-refractivity contribution in [1.82, 2.24) is 9.80 Å². The van der Waals surface area contributed by atoms with Crippen LogP contribution in [-0.4, -0.2) is 71.8 Å². The van der Waals surface area contributed by atoms with Crippen LogP contribution in [-0.2, 0) is 17.5 Å². The van der Waals surface area contributed by atoms with Gasteiger partial charge in [-0.3, -0.25) is 14.7 Å². The van der Waals surface area contributed by atoms with Crippen LogP contribution in [0.4, 0.5) is 23.2 Å². The lowest BCUT2D eigenvalue weighted by Gasteiger charge is -2.33. The van der Waals surface area contributed by atoms with Gasteiger partial charge >= 0.3 is 6.18 Å². The van der Waals surface area contributed by atoms with Crippen molar-refractivity contribution in [3.63, 3.8) is 0 Å². The number of aliphatic imine (C=N–C) groups is 1. The lowest BCUT2D eigenvalue weighted by Crippen LogP contribution is -2.44. The molecular weight excluding hydrogens is 515 g/mol. The van der Waals surface area contributed by atoms with E-state index in [2.05, 4.69) is 15.2 Å². The van der Waals surface area contributed by atoms with Gasteiger partial charge in [0.15, 0.2) is 0 Å². The van der Waals surface area contributed by atoms with E-state index in [0.29, 0.717) is 13.1 Å². The molecule has 2 aliphatic heterocycles. The van der Waals surface area contributed by atoms with Crippen molar-refractivity contribution in [3.05, 3.63) is 41.0 Å². The van der Waals surface area contributed by atoms with Crippen LogP contribution in [0.25, 0.3) is 0 Å². The third kappa shape index (κ3) is 5.20. The first-order chi connectivity index (χ1) is 14.1. The Balaban J connectivity index is 1.80. The summed E-state index contributed by atoms with van der Waals surface area (Å²) in [5, 5.41) is 2.52. The van der Waals surface area contributed by atoms with E-state index in [1.807, 2.05) is 34.5 Å². The van der Waals surface area contributed by atoms with E-state index in [4.69, 9.17) is 0 Å². The molecule has 0 spiro atoms. The van der Waals surface area contributed by atoms with E-state index in [1.165, 1.54) is 24.4 Å². The van der Waals surface area contributed by atoms with Crippen LogP contribution in [0.1, 0.15) is 11.1 Å². The molecule has 0 bridgehead atoms. The van der Waals surface area contributed by atoms with Crippen LogP contribution in [0.15, 0.2) is 34.8 Å². The van der Waals surface area contributed by atoms with Crippen LogP contribution in [0, 0.1) is 0 Å². The molecule has 5 nitrogen and oxygen atoms in total. The molecule has 1 unspecified atom stereocenters. The molecule has 30 heavy (non-hydrogen) atoms. The number of carbonyl (C=O) groups excluding carboxylic acids is 1. The maximum Gasteiger partial charge on any atom is 0.416 e. The zero-order valence-electron chi connectivity index (χ0n) is 16.5. The minimum Gasteiger partial charge on any atom is -0.325 e. The Kier molecular flexibility index (Phi) is 7.18. The van der Waals surface area contributed by atoms with Crippen LogP contribution in [0.5, 0.6) is 0 Å². The quantitative estimate of drug-likeness (QED) is 0.355. The number of piperazine rings is 1. The van der Waals surface area contributed by atoms with Gasteiger partial charge in [0, 0.05) is 44.6 Å². The van der Waals surface area contributed by atoms with Gasteiger partial charge in [-0.25, -0.2) is 4.39 Å². The van der Waals surface area contributed by atoms with Crippen LogP contribution in [0.3, 0.4) is 0 Å². The summed E-state index contributed by atoms with van der Waals surface area (Å²) in [6, 6.07) is 3.82. The number of hydrogen-bond donors (Lipinski definition) is 1. The number of benzene rings is 1. The second-order valence-corrected chi connectivity index (χ2v) is 9.36. The van der Waals surface area contributed by atoms with Crippen molar-refractivity contribution in [2.45, 2.75) is 16.1 Å². The monoisotopic (exact) mass is 538 g/mol. The molecular formula is C20H23F4IN4O. The molecule has 1 amide bonds. The summed E-state index contributed by atoms with van der Waals surface area (Å²) in [5.41, 5.74) is -0.345. The Hall–Kier alpha value is -1.53. The van der Waals surface area contributed by atoms with Gasteiger partial charge in [0.2, 0.25) is 5.91 Å². The van der Waals surface area contributed by atoms with Crippen molar-refractivity contribution >= 4 is 40.4 Å². The van der Waals surface area contributed by atoms with E-state index in [-0.39, 0.29) is 29.9 Å². The molecule has 0 saturated carbocycles. The fourth-order valence-electron chi connectivity index (χ4n) is 3.46. The summed E-state index contributed by atoms with van der Waals surface area (Å²) in [6.07, 6.45) is -1.70. The molecule has 0 radical (unpaired) electrons. The molecule has 0 aliphatic carbocycles. The highest BCUT2D eigenvalue weighted by molar-refractivity contribution is 14.1. The lowest BCUT2D eigenvalue weighted by atomic mass is 9.96. The summed E-state index contributed by atoms with van der Waals surface area (Å²) in [7, 11) is 1.98. The summed E-state index contributed by atoms with van der Waals surface area (Å²) in [4.78, 5) is 20.9. The highest BCUT2D eigenvalue weighted by atomic mass is 127. The zero-order valence-corrected chi connectivity index (χ0v) is 18.6. The first-order valence-corrected chi connectivity index (χ1v) is 10.6. The minimum atomic E-state index is -4.55. The summed E-state index contributed by atoms with van der Waals surface area (Å²) in [6.45, 7) is 2.39. The highest BCUT2D eigenvalue weighted by Gasteiger charge is 2.41. The Morgan fingerprint density at radius 1 is 1.27 bits per heavy atom. The summed E-state index contributed by atoms with van der Waals surface area (Å²) in [5.74, 6) is -0.594. The number of anilines is 1. The average Bonchev–Trinajstić information content (AvgIpc) is 2.70. The van der Waals surface area contributed by atoms with Gasteiger partial charge in [-0.15, -0.1) is 0 Å². The molecule has 1 atom stereocenters. The molecule has 1 saturated heterocycles. The van der Waals surface area contributed by atoms with Crippen LogP contribution >= 0.6 is 22.6 Å². The second-order valence-electron chi connectivity index (χ2n) is 7.52. The maximum atomic E-state index is 13.7. The second kappa shape index (κ2) is 9.31. The Labute approximate surface area is 186 Å². The first-order valence-electron chi connectivity index (χ1n) is 9.50. The number of amides is 1. The Morgan fingerprint density at radius 3 is 2.60 bits per heavy atom. The Bertz CT molecular complexity index is 850. The number of rotatable bonds is 5. The van der Waals surface area contributed by atoms with E-state index < -0.39 is 27.7 Å².